The average Bonchev–Trinajstić information content (AvgIpc) is 3.00. The smallest absolute Gasteiger partial charge is 0.251 e. The number of carbonyl (C=O) groups is 2. The lowest BCUT2D eigenvalue weighted by atomic mass is 10.1. The van der Waals surface area contributed by atoms with E-state index in [1.807, 2.05) is 24.3 Å². The first-order chi connectivity index (χ1) is 11.6. The molecule has 2 atom stereocenters. The predicted octanol–water partition coefficient (Wildman–Crippen LogP) is 2.67. The van der Waals surface area contributed by atoms with Gasteiger partial charge in [0.1, 0.15) is 6.04 Å². The Morgan fingerprint density at radius 3 is 2.71 bits per heavy atom. The number of benzene rings is 2. The predicted molar refractivity (Wildman–Crippen MR) is 93.5 cm³/mol. The highest BCUT2D eigenvalue weighted by Crippen LogP contribution is 2.36. The van der Waals surface area contributed by atoms with E-state index in [1.54, 1.807) is 24.3 Å². The summed E-state index contributed by atoms with van der Waals surface area (Å²) in [5.41, 5.74) is 2.39. The van der Waals surface area contributed by atoms with Crippen LogP contribution in [0.15, 0.2) is 48.5 Å². The molecule has 6 heteroatoms. The van der Waals surface area contributed by atoms with Crippen molar-refractivity contribution in [2.75, 3.05) is 16.8 Å². The number of halogens is 1. The average molecular weight is 342 g/mol. The first kappa shape index (κ1) is 15.0. The third-order valence-corrected chi connectivity index (χ3v) is 4.77. The Hall–Kier alpha value is -2.53. The van der Waals surface area contributed by atoms with Crippen molar-refractivity contribution in [1.29, 1.82) is 0 Å². The van der Waals surface area contributed by atoms with Gasteiger partial charge in [-0.1, -0.05) is 23.7 Å². The molecular weight excluding hydrogens is 326 g/mol. The van der Waals surface area contributed by atoms with E-state index < -0.39 is 0 Å². The first-order valence-electron chi connectivity index (χ1n) is 7.85. The van der Waals surface area contributed by atoms with Crippen molar-refractivity contribution in [2.24, 2.45) is 0 Å². The van der Waals surface area contributed by atoms with E-state index in [4.69, 9.17) is 11.6 Å². The van der Waals surface area contributed by atoms with Gasteiger partial charge in [-0.3, -0.25) is 9.59 Å². The molecule has 122 valence electrons. The van der Waals surface area contributed by atoms with Crippen LogP contribution >= 0.6 is 11.6 Å². The van der Waals surface area contributed by atoms with E-state index in [9.17, 15) is 9.59 Å². The topological polar surface area (TPSA) is 61.4 Å². The number of nitrogens with one attached hydrogen (secondary N) is 2. The molecule has 2 aliphatic rings. The highest BCUT2D eigenvalue weighted by Gasteiger charge is 2.41. The fourth-order valence-electron chi connectivity index (χ4n) is 3.37. The largest absolute Gasteiger partial charge is 0.356 e. The molecule has 5 nitrogen and oxygen atoms in total. The molecule has 2 aromatic rings. The number of amides is 2. The summed E-state index contributed by atoms with van der Waals surface area (Å²) in [6.45, 7) is 0.619. The number of rotatable bonds is 2. The second-order valence-electron chi connectivity index (χ2n) is 6.09. The molecular formula is C18H16ClN3O2. The zero-order valence-corrected chi connectivity index (χ0v) is 13.6. The Morgan fingerprint density at radius 1 is 1.17 bits per heavy atom. The van der Waals surface area contributed by atoms with Gasteiger partial charge in [-0.25, -0.2) is 0 Å². The summed E-state index contributed by atoms with van der Waals surface area (Å²) in [5, 5.41) is 6.55. The molecule has 0 spiro atoms. The Balaban J connectivity index is 1.51. The van der Waals surface area contributed by atoms with Crippen LogP contribution in [0.5, 0.6) is 0 Å². The van der Waals surface area contributed by atoms with Crippen molar-refractivity contribution in [3.05, 3.63) is 59.1 Å². The van der Waals surface area contributed by atoms with E-state index in [1.165, 1.54) is 0 Å². The van der Waals surface area contributed by atoms with Gasteiger partial charge in [-0.05, 0) is 42.8 Å². The van der Waals surface area contributed by atoms with E-state index in [2.05, 4.69) is 15.5 Å². The molecule has 2 aromatic carbocycles. The standard InChI is InChI=1S/C18H16ClN3O2/c19-12-7-5-11(6-8-12)17(23)20-13-9-16-18(24)21-14-3-1-2-4-15(14)22(16)10-13/h1-8,13,16H,9-10H2,(H,20,23)(H,21,24). The van der Waals surface area contributed by atoms with E-state index in [0.717, 1.165) is 11.4 Å². The Morgan fingerprint density at radius 2 is 1.92 bits per heavy atom. The van der Waals surface area contributed by atoms with E-state index >= 15 is 0 Å². The van der Waals surface area contributed by atoms with Crippen molar-refractivity contribution < 1.29 is 9.59 Å². The van der Waals surface area contributed by atoms with Gasteiger partial charge in [0.25, 0.3) is 5.91 Å². The number of hydrogen-bond donors (Lipinski definition) is 2. The van der Waals surface area contributed by atoms with Crippen LogP contribution in [-0.4, -0.2) is 30.4 Å². The summed E-state index contributed by atoms with van der Waals surface area (Å²) in [7, 11) is 0. The van der Waals surface area contributed by atoms with Gasteiger partial charge in [-0.2, -0.15) is 0 Å². The Bertz CT molecular complexity index is 806. The summed E-state index contributed by atoms with van der Waals surface area (Å²) in [6.07, 6.45) is 0.597. The van der Waals surface area contributed by atoms with Crippen LogP contribution in [0.25, 0.3) is 0 Å². The first-order valence-corrected chi connectivity index (χ1v) is 8.22. The zero-order valence-electron chi connectivity index (χ0n) is 12.8. The van der Waals surface area contributed by atoms with Crippen LogP contribution in [0.4, 0.5) is 11.4 Å². The number of para-hydroxylation sites is 2. The van der Waals surface area contributed by atoms with Gasteiger partial charge >= 0.3 is 0 Å². The lowest BCUT2D eigenvalue weighted by Crippen LogP contribution is -2.44. The lowest BCUT2D eigenvalue weighted by Gasteiger charge is -2.32. The summed E-state index contributed by atoms with van der Waals surface area (Å²) in [6, 6.07) is 14.2. The third kappa shape index (κ3) is 2.61. The molecule has 1 saturated heterocycles. The van der Waals surface area contributed by atoms with Crippen LogP contribution in [0.1, 0.15) is 16.8 Å². The summed E-state index contributed by atoms with van der Waals surface area (Å²) in [4.78, 5) is 26.7. The SMILES string of the molecule is O=C(NC1CC2C(=O)Nc3ccccc3N2C1)c1ccc(Cl)cc1. The maximum Gasteiger partial charge on any atom is 0.251 e. The fraction of sp³-hybridized carbons (Fsp3) is 0.222. The lowest BCUT2D eigenvalue weighted by molar-refractivity contribution is -0.117. The van der Waals surface area contributed by atoms with Gasteiger partial charge in [0.05, 0.1) is 11.4 Å². The van der Waals surface area contributed by atoms with Crippen molar-refractivity contribution in [1.82, 2.24) is 5.32 Å². The maximum absolute atomic E-state index is 12.4. The quantitative estimate of drug-likeness (QED) is 0.882. The molecule has 0 aromatic heterocycles. The summed E-state index contributed by atoms with van der Waals surface area (Å²) < 4.78 is 0. The summed E-state index contributed by atoms with van der Waals surface area (Å²) >= 11 is 5.85. The van der Waals surface area contributed by atoms with Crippen molar-refractivity contribution in [2.45, 2.75) is 18.5 Å². The van der Waals surface area contributed by atoms with Gasteiger partial charge in [0.15, 0.2) is 0 Å². The van der Waals surface area contributed by atoms with E-state index in [-0.39, 0.29) is 23.9 Å². The Kier molecular flexibility index (Phi) is 3.65. The van der Waals surface area contributed by atoms with Crippen molar-refractivity contribution in [3.8, 4) is 0 Å². The number of nitrogens with zero attached hydrogens (tertiary/aromatic N) is 1. The number of fused-ring (bicyclic) bond motifs is 3. The number of hydrogen-bond acceptors (Lipinski definition) is 3. The minimum atomic E-state index is -0.240. The molecule has 24 heavy (non-hydrogen) atoms. The molecule has 2 N–H and O–H groups in total. The van der Waals surface area contributed by atoms with Crippen molar-refractivity contribution in [3.63, 3.8) is 0 Å². The number of carbonyl (C=O) groups excluding carboxylic acids is 2. The molecule has 0 radical (unpaired) electrons. The van der Waals surface area contributed by atoms with Crippen LogP contribution < -0.4 is 15.5 Å². The molecule has 2 heterocycles. The van der Waals surface area contributed by atoms with Gasteiger partial charge in [0.2, 0.25) is 5.91 Å². The van der Waals surface area contributed by atoms with Gasteiger partial charge < -0.3 is 15.5 Å². The minimum Gasteiger partial charge on any atom is -0.356 e. The highest BCUT2D eigenvalue weighted by atomic mass is 35.5. The minimum absolute atomic E-state index is 0.0167. The molecule has 0 saturated carbocycles. The van der Waals surface area contributed by atoms with Crippen LogP contribution in [0.2, 0.25) is 5.02 Å². The molecule has 4 rings (SSSR count). The molecule has 2 aliphatic heterocycles. The number of anilines is 2. The van der Waals surface area contributed by atoms with E-state index in [0.29, 0.717) is 23.6 Å². The molecule has 2 amide bonds. The van der Waals surface area contributed by atoms with Crippen LogP contribution in [0, 0.1) is 0 Å². The zero-order chi connectivity index (χ0) is 16.7. The van der Waals surface area contributed by atoms with Crippen LogP contribution in [0.3, 0.4) is 0 Å². The fourth-order valence-corrected chi connectivity index (χ4v) is 3.50. The van der Waals surface area contributed by atoms with Crippen LogP contribution in [-0.2, 0) is 4.79 Å². The second kappa shape index (κ2) is 5.83. The third-order valence-electron chi connectivity index (χ3n) is 4.52. The van der Waals surface area contributed by atoms with Gasteiger partial charge in [0, 0.05) is 23.2 Å². The normalized spacial score (nSPS) is 21.7. The molecule has 1 fully saturated rings. The van der Waals surface area contributed by atoms with Crippen molar-refractivity contribution >= 4 is 34.8 Å². The molecule has 2 unspecified atom stereocenters. The summed E-state index contributed by atoms with van der Waals surface area (Å²) in [5.74, 6) is -0.165. The monoisotopic (exact) mass is 341 g/mol. The molecule has 0 aliphatic carbocycles. The maximum atomic E-state index is 12.4. The van der Waals surface area contributed by atoms with Gasteiger partial charge in [-0.15, -0.1) is 0 Å². The Labute approximate surface area is 144 Å². The molecule has 0 bridgehead atoms. The highest BCUT2D eigenvalue weighted by molar-refractivity contribution is 6.30. The second-order valence-corrected chi connectivity index (χ2v) is 6.52.